The molecule has 2 aliphatic carbocycles. The van der Waals surface area contributed by atoms with E-state index < -0.39 is 110 Å². The normalized spacial score (nSPS) is 36.3. The summed E-state index contributed by atoms with van der Waals surface area (Å²) in [5.41, 5.74) is 0.139. The van der Waals surface area contributed by atoms with E-state index in [1.165, 1.54) is 19.1 Å². The summed E-state index contributed by atoms with van der Waals surface area (Å²) in [5, 5.41) is 67.2. The Morgan fingerprint density at radius 1 is 0.914 bits per heavy atom. The van der Waals surface area contributed by atoms with E-state index in [0.717, 1.165) is 32.1 Å². The number of aliphatic carboxylic acids is 1. The Labute approximate surface area is 339 Å². The summed E-state index contributed by atoms with van der Waals surface area (Å²) in [6.45, 7) is 2.99. The van der Waals surface area contributed by atoms with Crippen LogP contribution in [0.3, 0.4) is 0 Å². The molecule has 16 heteroatoms. The molecule has 0 bridgehead atoms. The number of esters is 1. The molecule has 7 N–H and O–H groups in total. The molecule has 2 saturated heterocycles. The fourth-order valence-corrected chi connectivity index (χ4v) is 8.59. The van der Waals surface area contributed by atoms with Gasteiger partial charge < -0.3 is 64.4 Å². The van der Waals surface area contributed by atoms with Gasteiger partial charge >= 0.3 is 11.9 Å². The van der Waals surface area contributed by atoms with Gasteiger partial charge in [-0.15, -0.1) is 12.3 Å². The first-order valence-electron chi connectivity index (χ1n) is 20.7. The van der Waals surface area contributed by atoms with Gasteiger partial charge in [-0.25, -0.2) is 9.59 Å². The van der Waals surface area contributed by atoms with E-state index in [2.05, 4.69) is 11.2 Å². The van der Waals surface area contributed by atoms with Crippen LogP contribution < -0.4 is 5.32 Å². The van der Waals surface area contributed by atoms with Gasteiger partial charge in [0.25, 0.3) is 0 Å². The number of carbonyl (C=O) groups excluding carboxylic acids is 2. The Balaban J connectivity index is 1.50. The van der Waals surface area contributed by atoms with Crippen molar-refractivity contribution in [1.82, 2.24) is 5.32 Å². The second-order valence-corrected chi connectivity index (χ2v) is 16.0. The third-order valence-electron chi connectivity index (χ3n) is 12.0. The molecule has 0 radical (unpaired) electrons. The standard InChI is InChI=1S/C42H61NO15/c1-4-6-13-18-43-38(49)27-20-25(5-2)35(58-41-34(48)33(47)31(45)23(3)53-41)28(21-27)55-42-37(57-40(52)26-16-11-8-12-17-26)36(32(46)30(22-44)56-42)54-29(39(50)51)19-24-14-9-7-10-15-24/h1,8,11-12,16-17,23-25,27-37,41-42,44-48H,5-7,9-10,13-15,18-22H2,2-3H3,(H,43,49)(H,50,51)/t23?,25?,27?,28?,29-,30?,31+,32-,33?,34?,35?,36?,37?,41-,42+/m0/s1. The summed E-state index contributed by atoms with van der Waals surface area (Å²) < 4.78 is 37.3. The lowest BCUT2D eigenvalue weighted by Gasteiger charge is -2.48. The summed E-state index contributed by atoms with van der Waals surface area (Å²) in [6.07, 6.45) is -6.30. The van der Waals surface area contributed by atoms with Gasteiger partial charge in [0.15, 0.2) is 24.8 Å². The molecule has 1 amide bonds. The van der Waals surface area contributed by atoms with Gasteiger partial charge in [-0.3, -0.25) is 4.79 Å². The molecular weight excluding hydrogens is 758 g/mol. The molecule has 2 aliphatic heterocycles. The van der Waals surface area contributed by atoms with Crippen LogP contribution in [0.25, 0.3) is 0 Å². The van der Waals surface area contributed by atoms with Crippen LogP contribution in [0.5, 0.6) is 0 Å². The Morgan fingerprint density at radius 2 is 1.64 bits per heavy atom. The van der Waals surface area contributed by atoms with Crippen molar-refractivity contribution in [2.75, 3.05) is 13.2 Å². The summed E-state index contributed by atoms with van der Waals surface area (Å²) in [5.74, 6) is -0.832. The molecule has 1 aromatic carbocycles. The SMILES string of the molecule is C#CCCCNC(=O)C1CC(CC)C(O[C@@H]2OC(C)[C@@H](O)C(O)C2O)C(O[C@@H]2OC(CO)[C@H](O)C(O[C@@H](CC3CCCCC3)C(=O)O)C2OC(=O)c2ccccc2)C1. The van der Waals surface area contributed by atoms with Gasteiger partial charge in [0.2, 0.25) is 5.91 Å². The summed E-state index contributed by atoms with van der Waals surface area (Å²) in [6, 6.07) is 7.99. The molecule has 1 aromatic rings. The van der Waals surface area contributed by atoms with Crippen molar-refractivity contribution in [2.45, 2.75) is 164 Å². The molecule has 16 nitrogen and oxygen atoms in total. The maximum absolute atomic E-state index is 13.7. The predicted molar refractivity (Wildman–Crippen MR) is 205 cm³/mol. The van der Waals surface area contributed by atoms with E-state index in [4.69, 9.17) is 34.8 Å². The Kier molecular flexibility index (Phi) is 17.3. The quantitative estimate of drug-likeness (QED) is 0.0672. The smallest absolute Gasteiger partial charge is 0.338 e. The Morgan fingerprint density at radius 3 is 2.29 bits per heavy atom. The molecule has 0 spiro atoms. The number of carbonyl (C=O) groups is 3. The second kappa shape index (κ2) is 21.9. The van der Waals surface area contributed by atoms with Crippen LogP contribution >= 0.6 is 0 Å². The molecule has 0 aromatic heterocycles. The third kappa shape index (κ3) is 11.5. The number of terminal acetylenes is 1. The van der Waals surface area contributed by atoms with Gasteiger partial charge in [-0.1, -0.05) is 63.6 Å². The third-order valence-corrected chi connectivity index (χ3v) is 12.0. The largest absolute Gasteiger partial charge is 0.479 e. The number of carboxylic acid groups (broad SMARTS) is 1. The second-order valence-electron chi connectivity index (χ2n) is 16.0. The molecule has 4 fully saturated rings. The van der Waals surface area contributed by atoms with E-state index in [-0.39, 0.29) is 30.2 Å². The van der Waals surface area contributed by atoms with Crippen molar-refractivity contribution < 1.29 is 73.4 Å². The number of hydrogen-bond acceptors (Lipinski definition) is 14. The van der Waals surface area contributed by atoms with Crippen molar-refractivity contribution in [3.63, 3.8) is 0 Å². The zero-order chi connectivity index (χ0) is 41.9. The topological polar surface area (TPSA) is 240 Å². The Bertz CT molecular complexity index is 1500. The van der Waals surface area contributed by atoms with Gasteiger partial charge in [-0.2, -0.15) is 0 Å². The predicted octanol–water partition coefficient (Wildman–Crippen LogP) is 1.66. The van der Waals surface area contributed by atoms with E-state index in [1.807, 2.05) is 6.92 Å². The molecule has 58 heavy (non-hydrogen) atoms. The first-order chi connectivity index (χ1) is 27.9. The van der Waals surface area contributed by atoms with Crippen molar-refractivity contribution >= 4 is 17.8 Å². The number of carboxylic acids is 1. The number of benzene rings is 1. The van der Waals surface area contributed by atoms with Gasteiger partial charge in [0.05, 0.1) is 30.5 Å². The molecule has 10 unspecified atom stereocenters. The number of unbranched alkanes of at least 4 members (excludes halogenated alkanes) is 1. The lowest BCUT2D eigenvalue weighted by molar-refractivity contribution is -0.349. The van der Waals surface area contributed by atoms with Crippen molar-refractivity contribution in [2.24, 2.45) is 17.8 Å². The summed E-state index contributed by atoms with van der Waals surface area (Å²) in [4.78, 5) is 40.0. The number of nitrogens with one attached hydrogen (secondary N) is 1. The zero-order valence-corrected chi connectivity index (χ0v) is 33.3. The van der Waals surface area contributed by atoms with Gasteiger partial charge in [0.1, 0.15) is 36.6 Å². The van der Waals surface area contributed by atoms with Gasteiger partial charge in [-0.05, 0) is 56.6 Å². The van der Waals surface area contributed by atoms with Crippen LogP contribution in [0.1, 0.15) is 94.8 Å². The highest BCUT2D eigenvalue weighted by Gasteiger charge is 2.54. The van der Waals surface area contributed by atoms with Crippen LogP contribution in [-0.4, -0.2) is 141 Å². The van der Waals surface area contributed by atoms with Crippen LogP contribution in [-0.2, 0) is 38.0 Å². The average Bonchev–Trinajstić information content (AvgIpc) is 3.23. The van der Waals surface area contributed by atoms with Gasteiger partial charge in [0, 0.05) is 18.9 Å². The fraction of sp³-hybridized carbons (Fsp3) is 0.738. The van der Waals surface area contributed by atoms with E-state index in [9.17, 15) is 45.0 Å². The average molecular weight is 820 g/mol. The van der Waals surface area contributed by atoms with E-state index in [1.54, 1.807) is 18.2 Å². The monoisotopic (exact) mass is 819 g/mol. The minimum atomic E-state index is -1.67. The lowest BCUT2D eigenvalue weighted by Crippen LogP contribution is -2.64. The minimum absolute atomic E-state index is 0.0161. The van der Waals surface area contributed by atoms with Crippen LogP contribution in [0.4, 0.5) is 0 Å². The minimum Gasteiger partial charge on any atom is -0.479 e. The number of aliphatic hydroxyl groups is 5. The molecule has 2 heterocycles. The fourth-order valence-electron chi connectivity index (χ4n) is 8.59. The first kappa shape index (κ1) is 45.9. The van der Waals surface area contributed by atoms with Crippen molar-refractivity contribution in [1.29, 1.82) is 0 Å². The van der Waals surface area contributed by atoms with E-state index >= 15 is 0 Å². The highest BCUT2D eigenvalue weighted by Crippen LogP contribution is 2.40. The molecule has 15 atom stereocenters. The molecule has 2 saturated carbocycles. The lowest BCUT2D eigenvalue weighted by atomic mass is 9.75. The number of ether oxygens (including phenoxy) is 6. The summed E-state index contributed by atoms with van der Waals surface area (Å²) in [7, 11) is 0. The zero-order valence-electron chi connectivity index (χ0n) is 33.3. The van der Waals surface area contributed by atoms with Crippen LogP contribution in [0.15, 0.2) is 30.3 Å². The number of hydrogen-bond donors (Lipinski definition) is 7. The highest BCUT2D eigenvalue weighted by atomic mass is 16.7. The Hall–Kier alpha value is -3.21. The van der Waals surface area contributed by atoms with Crippen molar-refractivity contribution in [3.8, 4) is 12.3 Å². The summed E-state index contributed by atoms with van der Waals surface area (Å²) >= 11 is 0. The van der Waals surface area contributed by atoms with Crippen LogP contribution in [0, 0.1) is 30.1 Å². The number of aliphatic hydroxyl groups excluding tert-OH is 5. The molecule has 4 aliphatic rings. The van der Waals surface area contributed by atoms with Crippen LogP contribution in [0.2, 0.25) is 0 Å². The number of rotatable bonds is 17. The van der Waals surface area contributed by atoms with E-state index in [0.29, 0.717) is 32.2 Å². The first-order valence-corrected chi connectivity index (χ1v) is 20.7. The number of amides is 1. The van der Waals surface area contributed by atoms with Crippen molar-refractivity contribution in [3.05, 3.63) is 35.9 Å². The highest BCUT2D eigenvalue weighted by molar-refractivity contribution is 5.89. The molecule has 324 valence electrons. The maximum atomic E-state index is 13.7. The maximum Gasteiger partial charge on any atom is 0.338 e. The molecule has 5 rings (SSSR count). The molecular formula is C42H61NO15.